The molecule has 3 rings (SSSR count). The van der Waals surface area contributed by atoms with Crippen molar-refractivity contribution in [2.45, 2.75) is 26.2 Å². The summed E-state index contributed by atoms with van der Waals surface area (Å²) < 4.78 is 15.8. The van der Waals surface area contributed by atoms with Crippen molar-refractivity contribution in [2.24, 2.45) is 5.41 Å². The van der Waals surface area contributed by atoms with Crippen LogP contribution in [0.3, 0.4) is 0 Å². The lowest BCUT2D eigenvalue weighted by atomic mass is 9.95. The van der Waals surface area contributed by atoms with Gasteiger partial charge in [-0.15, -0.1) is 0 Å². The van der Waals surface area contributed by atoms with Gasteiger partial charge in [0.2, 0.25) is 0 Å². The van der Waals surface area contributed by atoms with Crippen molar-refractivity contribution >= 4 is 11.9 Å². The molecule has 0 spiro atoms. The highest BCUT2D eigenvalue weighted by molar-refractivity contribution is 6.05. The van der Waals surface area contributed by atoms with Crippen LogP contribution in [0.15, 0.2) is 42.5 Å². The molecule has 1 aliphatic carbocycles. The van der Waals surface area contributed by atoms with E-state index in [1.165, 1.54) is 14.2 Å². The second-order valence-electron chi connectivity index (χ2n) is 7.17. The third kappa shape index (κ3) is 3.97. The third-order valence-corrected chi connectivity index (χ3v) is 5.18. The molecule has 2 aromatic carbocycles. The van der Waals surface area contributed by atoms with Crippen molar-refractivity contribution in [1.29, 1.82) is 0 Å². The minimum atomic E-state index is -1.31. The van der Waals surface area contributed by atoms with Gasteiger partial charge in [-0.05, 0) is 43.5 Å². The van der Waals surface area contributed by atoms with Crippen LogP contribution < -0.4 is 4.74 Å². The van der Waals surface area contributed by atoms with Gasteiger partial charge in [-0.3, -0.25) is 9.59 Å². The molecular weight excluding hydrogens is 368 g/mol. The van der Waals surface area contributed by atoms with E-state index in [4.69, 9.17) is 14.2 Å². The Morgan fingerprint density at radius 1 is 1.07 bits per heavy atom. The molecule has 0 saturated heterocycles. The summed E-state index contributed by atoms with van der Waals surface area (Å²) >= 11 is 0. The second-order valence-corrected chi connectivity index (χ2v) is 7.17. The number of benzene rings is 2. The first-order chi connectivity index (χ1) is 13.9. The molecule has 2 aromatic rings. The molecule has 5 heteroatoms. The lowest BCUT2D eigenvalue weighted by molar-refractivity contribution is -0.161. The summed E-state index contributed by atoms with van der Waals surface area (Å²) in [7, 11) is 2.56. The molecule has 1 unspecified atom stereocenters. The van der Waals surface area contributed by atoms with Gasteiger partial charge < -0.3 is 14.2 Å². The number of aryl methyl sites for hydroxylation is 2. The van der Waals surface area contributed by atoms with Crippen LogP contribution in [-0.4, -0.2) is 32.8 Å². The van der Waals surface area contributed by atoms with Crippen molar-refractivity contribution in [3.63, 3.8) is 0 Å². The SMILES string of the molecule is COC(=O)C1(C(=O)OC)CC1c1cc(C)cc(C)c1OCC#Cc1ccccc1. The van der Waals surface area contributed by atoms with E-state index in [1.807, 2.05) is 56.3 Å². The summed E-state index contributed by atoms with van der Waals surface area (Å²) in [5.41, 5.74) is 2.36. The van der Waals surface area contributed by atoms with Crippen LogP contribution in [0.1, 0.15) is 34.6 Å². The normalized spacial score (nSPS) is 16.2. The Kier molecular flexibility index (Phi) is 5.93. The zero-order valence-corrected chi connectivity index (χ0v) is 17.1. The van der Waals surface area contributed by atoms with Gasteiger partial charge in [0.1, 0.15) is 12.4 Å². The smallest absolute Gasteiger partial charge is 0.323 e. The molecule has 0 aromatic heterocycles. The van der Waals surface area contributed by atoms with E-state index in [2.05, 4.69) is 11.8 Å². The van der Waals surface area contributed by atoms with Gasteiger partial charge in [0.15, 0.2) is 5.41 Å². The summed E-state index contributed by atoms with van der Waals surface area (Å²) in [5, 5.41) is 0. The summed E-state index contributed by atoms with van der Waals surface area (Å²) in [6.07, 6.45) is 0.335. The first-order valence-corrected chi connectivity index (χ1v) is 9.38. The average molecular weight is 392 g/mol. The predicted molar refractivity (Wildman–Crippen MR) is 109 cm³/mol. The second kappa shape index (κ2) is 8.40. The summed E-state index contributed by atoms with van der Waals surface area (Å²) in [6.45, 7) is 4.11. The number of esters is 2. The Labute approximate surface area is 171 Å². The fourth-order valence-corrected chi connectivity index (χ4v) is 3.75. The van der Waals surface area contributed by atoms with Gasteiger partial charge in [-0.2, -0.15) is 0 Å². The maximum atomic E-state index is 12.4. The Morgan fingerprint density at radius 2 is 1.72 bits per heavy atom. The molecule has 29 heavy (non-hydrogen) atoms. The predicted octanol–water partition coefficient (Wildman–Crippen LogP) is 3.55. The lowest BCUT2D eigenvalue weighted by Gasteiger charge is -2.17. The highest BCUT2D eigenvalue weighted by atomic mass is 16.5. The molecule has 0 bridgehead atoms. The number of hydrogen-bond donors (Lipinski definition) is 0. The largest absolute Gasteiger partial charge is 0.480 e. The minimum Gasteiger partial charge on any atom is -0.480 e. The maximum Gasteiger partial charge on any atom is 0.323 e. The van der Waals surface area contributed by atoms with Gasteiger partial charge in [0.05, 0.1) is 14.2 Å². The van der Waals surface area contributed by atoms with Gasteiger partial charge in [-0.1, -0.05) is 47.7 Å². The molecule has 150 valence electrons. The quantitative estimate of drug-likeness (QED) is 0.442. The minimum absolute atomic E-state index is 0.196. The molecule has 0 amide bonds. The molecule has 0 N–H and O–H groups in total. The number of methoxy groups -OCH3 is 2. The number of hydrogen-bond acceptors (Lipinski definition) is 5. The summed E-state index contributed by atoms with van der Waals surface area (Å²) in [5.74, 6) is 5.21. The van der Waals surface area contributed by atoms with Crippen molar-refractivity contribution in [3.8, 4) is 17.6 Å². The van der Waals surface area contributed by atoms with E-state index in [1.54, 1.807) is 0 Å². The average Bonchev–Trinajstić information content (AvgIpc) is 3.48. The van der Waals surface area contributed by atoms with Crippen LogP contribution in [0.5, 0.6) is 5.75 Å². The third-order valence-electron chi connectivity index (χ3n) is 5.18. The van der Waals surface area contributed by atoms with Crippen LogP contribution in [0.25, 0.3) is 0 Å². The molecule has 0 radical (unpaired) electrons. The fraction of sp³-hybridized carbons (Fsp3) is 0.333. The molecule has 0 aliphatic heterocycles. The van der Waals surface area contributed by atoms with E-state index in [0.29, 0.717) is 12.2 Å². The standard InChI is InChI=1S/C24H24O5/c1-16-13-17(2)21(29-12-8-11-18-9-6-5-7-10-18)19(14-16)20-15-24(20,22(25)27-3)23(26)28-4/h5-7,9-10,13-14,20H,12,15H2,1-4H3. The first kappa shape index (κ1) is 20.5. The highest BCUT2D eigenvalue weighted by Gasteiger charge is 2.69. The van der Waals surface area contributed by atoms with Crippen LogP contribution in [0, 0.1) is 31.1 Å². The monoisotopic (exact) mass is 392 g/mol. The van der Waals surface area contributed by atoms with Crippen LogP contribution in [-0.2, 0) is 19.1 Å². The van der Waals surface area contributed by atoms with Crippen molar-refractivity contribution in [3.05, 3.63) is 64.7 Å². The lowest BCUT2D eigenvalue weighted by Crippen LogP contribution is -2.30. The number of carbonyl (C=O) groups is 2. The molecule has 1 atom stereocenters. The van der Waals surface area contributed by atoms with E-state index >= 15 is 0 Å². The highest BCUT2D eigenvalue weighted by Crippen LogP contribution is 2.62. The Balaban J connectivity index is 1.88. The molecule has 1 aliphatic rings. The zero-order valence-electron chi connectivity index (χ0n) is 17.1. The van der Waals surface area contributed by atoms with Crippen molar-refractivity contribution < 1.29 is 23.8 Å². The summed E-state index contributed by atoms with van der Waals surface area (Å²) in [4.78, 5) is 24.8. The number of carbonyl (C=O) groups excluding carboxylic acids is 2. The molecule has 0 heterocycles. The Hall–Kier alpha value is -3.26. The van der Waals surface area contributed by atoms with Gasteiger partial charge >= 0.3 is 11.9 Å². The number of rotatable bonds is 5. The van der Waals surface area contributed by atoms with E-state index in [-0.39, 0.29) is 12.5 Å². The zero-order chi connectivity index (χ0) is 21.0. The van der Waals surface area contributed by atoms with Crippen LogP contribution >= 0.6 is 0 Å². The van der Waals surface area contributed by atoms with Gasteiger partial charge in [-0.25, -0.2) is 0 Å². The van der Waals surface area contributed by atoms with Crippen molar-refractivity contribution in [1.82, 2.24) is 0 Å². The maximum absolute atomic E-state index is 12.4. The molecule has 5 nitrogen and oxygen atoms in total. The Morgan fingerprint density at radius 3 is 2.34 bits per heavy atom. The van der Waals surface area contributed by atoms with E-state index in [9.17, 15) is 9.59 Å². The summed E-state index contributed by atoms with van der Waals surface area (Å²) in [6, 6.07) is 13.6. The van der Waals surface area contributed by atoms with Crippen LogP contribution in [0.2, 0.25) is 0 Å². The Bertz CT molecular complexity index is 966. The molecule has 1 saturated carbocycles. The van der Waals surface area contributed by atoms with Gasteiger partial charge in [0.25, 0.3) is 0 Å². The van der Waals surface area contributed by atoms with Crippen LogP contribution in [0.4, 0.5) is 0 Å². The molecular formula is C24H24O5. The van der Waals surface area contributed by atoms with Gasteiger partial charge in [0, 0.05) is 11.5 Å². The van der Waals surface area contributed by atoms with E-state index in [0.717, 1.165) is 22.3 Å². The van der Waals surface area contributed by atoms with Crippen molar-refractivity contribution in [2.75, 3.05) is 20.8 Å². The topological polar surface area (TPSA) is 61.8 Å². The first-order valence-electron chi connectivity index (χ1n) is 9.38. The fourth-order valence-electron chi connectivity index (χ4n) is 3.75. The molecule has 1 fully saturated rings. The number of ether oxygens (including phenoxy) is 3. The van der Waals surface area contributed by atoms with E-state index < -0.39 is 17.4 Å².